The Bertz CT molecular complexity index is 355. The van der Waals surface area contributed by atoms with Crippen molar-refractivity contribution in [3.8, 4) is 0 Å². The molecule has 82 valence electrons. The molecular formula is C10H14N2O2S. The second-order valence-corrected chi connectivity index (χ2v) is 4.21. The van der Waals surface area contributed by atoms with Crippen LogP contribution in [0.2, 0.25) is 0 Å². The highest BCUT2D eigenvalue weighted by atomic mass is 32.2. The van der Waals surface area contributed by atoms with Crippen molar-refractivity contribution in [2.75, 3.05) is 5.75 Å². The molecule has 1 rings (SSSR count). The molecule has 1 aromatic rings. The van der Waals surface area contributed by atoms with Crippen LogP contribution >= 0.6 is 11.8 Å². The average Bonchev–Trinajstić information content (AvgIpc) is 2.16. The molecule has 0 spiro atoms. The fourth-order valence-corrected chi connectivity index (χ4v) is 2.00. The summed E-state index contributed by atoms with van der Waals surface area (Å²) >= 11 is 1.46. The van der Waals surface area contributed by atoms with E-state index in [9.17, 15) is 4.79 Å². The summed E-state index contributed by atoms with van der Waals surface area (Å²) in [6.07, 6.45) is 1.03. The zero-order valence-corrected chi connectivity index (χ0v) is 9.67. The summed E-state index contributed by atoms with van der Waals surface area (Å²) in [5, 5.41) is 9.36. The minimum atomic E-state index is -0.774. The molecule has 0 saturated heterocycles. The molecule has 5 heteroatoms. The van der Waals surface area contributed by atoms with Crippen LogP contribution in [0, 0.1) is 6.92 Å². The Morgan fingerprint density at radius 1 is 1.53 bits per heavy atom. The van der Waals surface area contributed by atoms with Crippen LogP contribution in [-0.4, -0.2) is 26.8 Å². The molecule has 1 aromatic heterocycles. The van der Waals surface area contributed by atoms with Gasteiger partial charge in [0.25, 0.3) is 0 Å². The number of hydrogen-bond acceptors (Lipinski definition) is 4. The van der Waals surface area contributed by atoms with Crippen molar-refractivity contribution in [2.45, 2.75) is 31.7 Å². The van der Waals surface area contributed by atoms with E-state index < -0.39 is 5.97 Å². The van der Waals surface area contributed by atoms with Gasteiger partial charge >= 0.3 is 5.97 Å². The molecule has 0 amide bonds. The predicted octanol–water partition coefficient (Wildman–Crippen LogP) is 1.91. The Morgan fingerprint density at radius 2 is 2.27 bits per heavy atom. The number of carboxylic acid groups (broad SMARTS) is 1. The number of carboxylic acids is 1. The summed E-state index contributed by atoms with van der Waals surface area (Å²) in [5.74, 6) is 0.519. The van der Waals surface area contributed by atoms with Crippen LogP contribution in [0.15, 0.2) is 11.1 Å². The number of carbonyl (C=O) groups is 1. The summed E-state index contributed by atoms with van der Waals surface area (Å²) < 4.78 is 0. The molecule has 15 heavy (non-hydrogen) atoms. The highest BCUT2D eigenvalue weighted by Crippen LogP contribution is 2.17. The van der Waals surface area contributed by atoms with Gasteiger partial charge in [0.2, 0.25) is 0 Å². The van der Waals surface area contributed by atoms with E-state index in [0.717, 1.165) is 23.0 Å². The molecule has 0 bridgehead atoms. The molecule has 1 N–H and O–H groups in total. The third-order valence-corrected chi connectivity index (χ3v) is 2.71. The van der Waals surface area contributed by atoms with Crippen LogP contribution < -0.4 is 0 Å². The third kappa shape index (κ3) is 4.29. The minimum Gasteiger partial charge on any atom is -0.481 e. The molecule has 0 saturated carbocycles. The van der Waals surface area contributed by atoms with E-state index in [1.165, 1.54) is 11.8 Å². The van der Waals surface area contributed by atoms with Crippen molar-refractivity contribution in [3.63, 3.8) is 0 Å². The summed E-state index contributed by atoms with van der Waals surface area (Å²) in [6, 6.07) is 1.92. The van der Waals surface area contributed by atoms with Gasteiger partial charge in [-0.15, -0.1) is 11.8 Å². The lowest BCUT2D eigenvalue weighted by atomic mass is 10.3. The molecule has 0 atom stereocenters. The van der Waals surface area contributed by atoms with E-state index >= 15 is 0 Å². The smallest absolute Gasteiger partial charge is 0.304 e. The van der Waals surface area contributed by atoms with Crippen LogP contribution in [0.4, 0.5) is 0 Å². The number of aromatic nitrogens is 2. The van der Waals surface area contributed by atoms with Gasteiger partial charge < -0.3 is 5.11 Å². The molecule has 1 heterocycles. The Balaban J connectivity index is 2.60. The van der Waals surface area contributed by atoms with E-state index in [0.29, 0.717) is 5.75 Å². The highest BCUT2D eigenvalue weighted by molar-refractivity contribution is 7.99. The molecule has 0 aromatic carbocycles. The molecule has 0 unspecified atom stereocenters. The third-order valence-electron chi connectivity index (χ3n) is 1.80. The fraction of sp³-hybridized carbons (Fsp3) is 0.500. The first-order valence-electron chi connectivity index (χ1n) is 4.81. The fourth-order valence-electron chi connectivity index (χ4n) is 1.10. The molecule has 4 nitrogen and oxygen atoms in total. The zero-order valence-electron chi connectivity index (χ0n) is 8.86. The average molecular weight is 226 g/mol. The normalized spacial score (nSPS) is 10.3. The number of thioether (sulfide) groups is 1. The van der Waals surface area contributed by atoms with Crippen molar-refractivity contribution < 1.29 is 9.90 Å². The van der Waals surface area contributed by atoms with Crippen LogP contribution in [-0.2, 0) is 11.2 Å². The number of rotatable bonds is 5. The van der Waals surface area contributed by atoms with Gasteiger partial charge in [-0.2, -0.15) is 0 Å². The van der Waals surface area contributed by atoms with Crippen LogP contribution in [0.5, 0.6) is 0 Å². The number of nitrogens with zero attached hydrogens (tertiary/aromatic N) is 2. The van der Waals surface area contributed by atoms with Gasteiger partial charge in [0, 0.05) is 11.4 Å². The van der Waals surface area contributed by atoms with Gasteiger partial charge in [-0.3, -0.25) is 4.79 Å². The van der Waals surface area contributed by atoms with Crippen LogP contribution in [0.3, 0.4) is 0 Å². The summed E-state index contributed by atoms with van der Waals surface area (Å²) in [7, 11) is 0. The molecule has 0 fully saturated rings. The lowest BCUT2D eigenvalue weighted by Crippen LogP contribution is -1.98. The van der Waals surface area contributed by atoms with Gasteiger partial charge in [0.1, 0.15) is 5.82 Å². The maximum atomic E-state index is 10.3. The monoisotopic (exact) mass is 226 g/mol. The van der Waals surface area contributed by atoms with Crippen molar-refractivity contribution in [1.29, 1.82) is 0 Å². The van der Waals surface area contributed by atoms with E-state index in [-0.39, 0.29) is 6.42 Å². The Hall–Kier alpha value is -1.10. The van der Waals surface area contributed by atoms with Gasteiger partial charge in [-0.1, -0.05) is 6.92 Å². The first-order chi connectivity index (χ1) is 7.11. The Labute approximate surface area is 93.1 Å². The number of hydrogen-bond donors (Lipinski definition) is 1. The highest BCUT2D eigenvalue weighted by Gasteiger charge is 2.03. The van der Waals surface area contributed by atoms with Crippen LogP contribution in [0.1, 0.15) is 24.9 Å². The lowest BCUT2D eigenvalue weighted by molar-refractivity contribution is -0.136. The van der Waals surface area contributed by atoms with Crippen LogP contribution in [0.25, 0.3) is 0 Å². The second-order valence-electron chi connectivity index (χ2n) is 3.09. The quantitative estimate of drug-likeness (QED) is 0.614. The van der Waals surface area contributed by atoms with Crippen molar-refractivity contribution >= 4 is 17.7 Å². The number of aliphatic carboxylic acids is 1. The summed E-state index contributed by atoms with van der Waals surface area (Å²) in [4.78, 5) is 18.8. The summed E-state index contributed by atoms with van der Waals surface area (Å²) in [6.45, 7) is 3.88. The van der Waals surface area contributed by atoms with Crippen molar-refractivity contribution in [2.24, 2.45) is 0 Å². The summed E-state index contributed by atoms with van der Waals surface area (Å²) in [5.41, 5.74) is 1.00. The maximum Gasteiger partial charge on any atom is 0.304 e. The molecule has 0 aliphatic carbocycles. The predicted molar refractivity (Wildman–Crippen MR) is 59.1 cm³/mol. The second kappa shape index (κ2) is 5.70. The lowest BCUT2D eigenvalue weighted by Gasteiger charge is -2.03. The van der Waals surface area contributed by atoms with E-state index in [2.05, 4.69) is 9.97 Å². The molecule has 0 aliphatic heterocycles. The zero-order chi connectivity index (χ0) is 11.3. The first kappa shape index (κ1) is 12.0. The maximum absolute atomic E-state index is 10.3. The van der Waals surface area contributed by atoms with Gasteiger partial charge in [0.05, 0.1) is 11.4 Å². The SMILES string of the molecule is CCc1cc(SCCC(=O)O)nc(C)n1. The van der Waals surface area contributed by atoms with E-state index in [1.807, 2.05) is 19.9 Å². The molecular weight excluding hydrogens is 212 g/mol. The van der Waals surface area contributed by atoms with Gasteiger partial charge in [-0.25, -0.2) is 9.97 Å². The molecule has 0 aliphatic rings. The van der Waals surface area contributed by atoms with E-state index in [4.69, 9.17) is 5.11 Å². The standard InChI is InChI=1S/C10H14N2O2S/c1-3-8-6-9(12-7(2)11-8)15-5-4-10(13)14/h6H,3-5H2,1-2H3,(H,13,14). The van der Waals surface area contributed by atoms with Gasteiger partial charge in [-0.05, 0) is 19.4 Å². The minimum absolute atomic E-state index is 0.162. The Morgan fingerprint density at radius 3 is 2.87 bits per heavy atom. The van der Waals surface area contributed by atoms with E-state index in [1.54, 1.807) is 0 Å². The topological polar surface area (TPSA) is 63.1 Å². The van der Waals surface area contributed by atoms with Gasteiger partial charge in [0.15, 0.2) is 0 Å². The first-order valence-corrected chi connectivity index (χ1v) is 5.79. The largest absolute Gasteiger partial charge is 0.481 e. The number of aryl methyl sites for hydroxylation is 2. The van der Waals surface area contributed by atoms with Crippen molar-refractivity contribution in [1.82, 2.24) is 9.97 Å². The molecule has 0 radical (unpaired) electrons. The Kier molecular flexibility index (Phi) is 4.55. The van der Waals surface area contributed by atoms with Crippen molar-refractivity contribution in [3.05, 3.63) is 17.6 Å².